The van der Waals surface area contributed by atoms with Crippen LogP contribution in [0.3, 0.4) is 0 Å². The van der Waals surface area contributed by atoms with E-state index in [2.05, 4.69) is 37.0 Å². The first-order chi connectivity index (χ1) is 7.83. The van der Waals surface area contributed by atoms with Gasteiger partial charge in [-0.2, -0.15) is 35.3 Å². The van der Waals surface area contributed by atoms with E-state index in [0.717, 1.165) is 16.9 Å². The number of hydrogen-bond acceptors (Lipinski definition) is 3. The maximum Gasteiger partial charge on any atom is 0.0229 e. The van der Waals surface area contributed by atoms with Gasteiger partial charge in [0.1, 0.15) is 0 Å². The largest absolute Gasteiger partial charge is 0.161 e. The van der Waals surface area contributed by atoms with Crippen molar-refractivity contribution in [3.05, 3.63) is 12.7 Å². The third-order valence-corrected chi connectivity index (χ3v) is 6.25. The zero-order chi connectivity index (χ0) is 11.6. The molecule has 0 bridgehead atoms. The summed E-state index contributed by atoms with van der Waals surface area (Å²) in [5.41, 5.74) is 0. The van der Waals surface area contributed by atoms with Crippen LogP contribution < -0.4 is 0 Å². The summed E-state index contributed by atoms with van der Waals surface area (Å²) in [4.78, 5) is 0. The molecule has 1 heterocycles. The van der Waals surface area contributed by atoms with Crippen LogP contribution in [0.1, 0.15) is 26.2 Å². The molecule has 16 heavy (non-hydrogen) atoms. The van der Waals surface area contributed by atoms with Crippen LogP contribution in [-0.2, 0) is 0 Å². The van der Waals surface area contributed by atoms with E-state index in [9.17, 15) is 0 Å². The molecule has 94 valence electrons. The molecule has 1 aliphatic rings. The standard InChI is InChI=1S/C13H24S3/c1-3-7-14-9-12(2)6-4-5-8-15-10-13-11-16-13/h3,12-13H,1,4-11H2,2H3. The molecule has 2 unspecified atom stereocenters. The van der Waals surface area contributed by atoms with Crippen LogP contribution in [0, 0.1) is 5.92 Å². The molecule has 0 radical (unpaired) electrons. The summed E-state index contributed by atoms with van der Waals surface area (Å²) in [6, 6.07) is 0. The molecule has 0 spiro atoms. The number of thioether (sulfide) groups is 3. The first kappa shape index (κ1) is 14.8. The average Bonchev–Trinajstić information content (AvgIpc) is 3.07. The molecule has 0 saturated carbocycles. The van der Waals surface area contributed by atoms with Crippen molar-refractivity contribution in [1.82, 2.24) is 0 Å². The van der Waals surface area contributed by atoms with Gasteiger partial charge in [0, 0.05) is 22.5 Å². The fraction of sp³-hybridized carbons (Fsp3) is 0.846. The van der Waals surface area contributed by atoms with Crippen molar-refractivity contribution in [3.8, 4) is 0 Å². The summed E-state index contributed by atoms with van der Waals surface area (Å²) >= 11 is 6.29. The van der Waals surface area contributed by atoms with Crippen LogP contribution in [0.5, 0.6) is 0 Å². The third kappa shape index (κ3) is 8.89. The minimum atomic E-state index is 0.883. The Labute approximate surface area is 114 Å². The van der Waals surface area contributed by atoms with E-state index in [1.807, 2.05) is 17.8 Å². The summed E-state index contributed by atoms with van der Waals surface area (Å²) < 4.78 is 0. The molecule has 0 aromatic rings. The topological polar surface area (TPSA) is 0 Å². The van der Waals surface area contributed by atoms with E-state index in [0.29, 0.717) is 0 Å². The van der Waals surface area contributed by atoms with E-state index >= 15 is 0 Å². The van der Waals surface area contributed by atoms with Gasteiger partial charge in [0.25, 0.3) is 0 Å². The van der Waals surface area contributed by atoms with Gasteiger partial charge >= 0.3 is 0 Å². The Morgan fingerprint density at radius 3 is 2.94 bits per heavy atom. The molecule has 1 rings (SSSR count). The molecule has 0 aromatic carbocycles. The molecule has 0 aliphatic carbocycles. The van der Waals surface area contributed by atoms with E-state index < -0.39 is 0 Å². The van der Waals surface area contributed by atoms with Gasteiger partial charge in [-0.25, -0.2) is 0 Å². The van der Waals surface area contributed by atoms with Gasteiger partial charge in [0.2, 0.25) is 0 Å². The quantitative estimate of drug-likeness (QED) is 0.308. The van der Waals surface area contributed by atoms with Gasteiger partial charge in [-0.15, -0.1) is 6.58 Å². The van der Waals surface area contributed by atoms with Gasteiger partial charge < -0.3 is 0 Å². The lowest BCUT2D eigenvalue weighted by Crippen LogP contribution is -1.99. The third-order valence-electron chi connectivity index (χ3n) is 2.58. The van der Waals surface area contributed by atoms with E-state index in [-0.39, 0.29) is 0 Å². The minimum Gasteiger partial charge on any atom is -0.161 e. The van der Waals surface area contributed by atoms with E-state index in [1.165, 1.54) is 42.3 Å². The van der Waals surface area contributed by atoms with Gasteiger partial charge in [-0.1, -0.05) is 19.4 Å². The van der Waals surface area contributed by atoms with Crippen molar-refractivity contribution in [2.24, 2.45) is 5.92 Å². The fourth-order valence-electron chi connectivity index (χ4n) is 1.51. The Morgan fingerprint density at radius 1 is 1.44 bits per heavy atom. The molecule has 0 N–H and O–H groups in total. The highest BCUT2D eigenvalue weighted by molar-refractivity contribution is 8.08. The number of rotatable bonds is 11. The highest BCUT2D eigenvalue weighted by Gasteiger charge is 2.21. The van der Waals surface area contributed by atoms with Crippen LogP contribution in [0.4, 0.5) is 0 Å². The minimum absolute atomic E-state index is 0.883. The lowest BCUT2D eigenvalue weighted by Gasteiger charge is -2.09. The normalized spacial score (nSPS) is 20.7. The van der Waals surface area contributed by atoms with Crippen LogP contribution in [-0.4, -0.2) is 34.0 Å². The molecule has 1 saturated heterocycles. The van der Waals surface area contributed by atoms with Crippen molar-refractivity contribution >= 4 is 35.3 Å². The van der Waals surface area contributed by atoms with Crippen LogP contribution in [0.2, 0.25) is 0 Å². The van der Waals surface area contributed by atoms with Crippen molar-refractivity contribution in [2.75, 3.05) is 28.8 Å². The average molecular weight is 277 g/mol. The Bertz CT molecular complexity index is 178. The second kappa shape index (κ2) is 9.78. The Hall–Kier alpha value is 0.790. The predicted molar refractivity (Wildman–Crippen MR) is 84.1 cm³/mol. The summed E-state index contributed by atoms with van der Waals surface area (Å²) in [6.07, 6.45) is 6.24. The molecule has 2 atom stereocenters. The van der Waals surface area contributed by atoms with Gasteiger partial charge in [-0.05, 0) is 30.3 Å². The zero-order valence-corrected chi connectivity index (χ0v) is 12.8. The predicted octanol–water partition coefficient (Wildman–Crippen LogP) is 4.56. The Morgan fingerprint density at radius 2 is 2.25 bits per heavy atom. The monoisotopic (exact) mass is 276 g/mol. The van der Waals surface area contributed by atoms with Crippen LogP contribution >= 0.6 is 35.3 Å². The van der Waals surface area contributed by atoms with Gasteiger partial charge in [-0.3, -0.25) is 0 Å². The summed E-state index contributed by atoms with van der Waals surface area (Å²) in [6.45, 7) is 6.13. The molecular weight excluding hydrogens is 252 g/mol. The maximum atomic E-state index is 3.75. The van der Waals surface area contributed by atoms with Gasteiger partial charge in [0.15, 0.2) is 0 Å². The summed E-state index contributed by atoms with van der Waals surface area (Å²) in [7, 11) is 0. The Kier molecular flexibility index (Phi) is 9.08. The number of unbranched alkanes of at least 4 members (excludes halogenated alkanes) is 1. The highest BCUT2D eigenvalue weighted by atomic mass is 32.2. The molecular formula is C13H24S3. The zero-order valence-electron chi connectivity index (χ0n) is 10.3. The van der Waals surface area contributed by atoms with Crippen molar-refractivity contribution in [2.45, 2.75) is 31.4 Å². The van der Waals surface area contributed by atoms with E-state index in [4.69, 9.17) is 0 Å². The molecule has 1 aliphatic heterocycles. The fourth-order valence-corrected chi connectivity index (χ4v) is 4.42. The van der Waals surface area contributed by atoms with Crippen molar-refractivity contribution in [3.63, 3.8) is 0 Å². The first-order valence-corrected chi connectivity index (χ1v) is 9.56. The second-order valence-corrected chi connectivity index (χ2v) is 8.02. The smallest absolute Gasteiger partial charge is 0.0229 e. The summed E-state index contributed by atoms with van der Waals surface area (Å²) in [5.74, 6) is 7.50. The molecule has 1 fully saturated rings. The van der Waals surface area contributed by atoms with E-state index in [1.54, 1.807) is 0 Å². The molecule has 0 amide bonds. The highest BCUT2D eigenvalue weighted by Crippen LogP contribution is 2.33. The lowest BCUT2D eigenvalue weighted by atomic mass is 10.1. The molecule has 0 nitrogen and oxygen atoms in total. The lowest BCUT2D eigenvalue weighted by molar-refractivity contribution is 0.559. The SMILES string of the molecule is C=CCSCC(C)CCCCSCC1CS1. The van der Waals surface area contributed by atoms with Crippen LogP contribution in [0.25, 0.3) is 0 Å². The molecule has 3 heteroatoms. The van der Waals surface area contributed by atoms with Crippen molar-refractivity contribution < 1.29 is 0 Å². The Balaban J connectivity index is 1.76. The molecule has 0 aromatic heterocycles. The van der Waals surface area contributed by atoms with Gasteiger partial charge in [0.05, 0.1) is 0 Å². The first-order valence-electron chi connectivity index (χ1n) is 6.21. The summed E-state index contributed by atoms with van der Waals surface area (Å²) in [5, 5.41) is 1.01. The van der Waals surface area contributed by atoms with Crippen LogP contribution in [0.15, 0.2) is 12.7 Å². The second-order valence-electron chi connectivity index (χ2n) is 4.46. The van der Waals surface area contributed by atoms with Crippen molar-refractivity contribution in [1.29, 1.82) is 0 Å². The number of hydrogen-bond donors (Lipinski definition) is 0. The maximum absolute atomic E-state index is 3.75.